The van der Waals surface area contributed by atoms with E-state index in [-0.39, 0.29) is 21.6 Å². The highest BCUT2D eigenvalue weighted by Gasteiger charge is 2.26. The molecule has 0 saturated carbocycles. The monoisotopic (exact) mass is 450 g/mol. The molecule has 5 nitrogen and oxygen atoms in total. The van der Waals surface area contributed by atoms with Crippen molar-refractivity contribution in [1.29, 1.82) is 0 Å². The molecule has 0 unspecified atom stereocenters. The third-order valence-electron chi connectivity index (χ3n) is 3.53. The number of halogens is 5. The van der Waals surface area contributed by atoms with E-state index in [0.29, 0.717) is 5.56 Å². The van der Waals surface area contributed by atoms with Gasteiger partial charge in [0.05, 0.1) is 17.1 Å². The van der Waals surface area contributed by atoms with Crippen LogP contribution in [0.25, 0.3) is 0 Å². The Labute approximate surface area is 160 Å². The van der Waals surface area contributed by atoms with E-state index in [2.05, 4.69) is 26.2 Å². The maximum Gasteiger partial charge on any atom is 0.277 e. The zero-order valence-corrected chi connectivity index (χ0v) is 15.8. The van der Waals surface area contributed by atoms with Crippen molar-refractivity contribution >= 4 is 27.5 Å². The summed E-state index contributed by atoms with van der Waals surface area (Å²) in [4.78, 5) is 16.6. The molecule has 0 saturated heterocycles. The molecule has 2 rings (SSSR count). The SMILES string of the molecule is COc1nccc(C)c1NC(=O)c1cc(F)c(Br)cc1O[C@@H](CF)C(F)F. The number of aryl methyl sites for hydroxylation is 1. The van der Waals surface area contributed by atoms with Crippen LogP contribution in [0.4, 0.5) is 23.2 Å². The van der Waals surface area contributed by atoms with Gasteiger partial charge in [0, 0.05) is 6.20 Å². The van der Waals surface area contributed by atoms with E-state index < -0.39 is 36.7 Å². The highest BCUT2D eigenvalue weighted by molar-refractivity contribution is 9.10. The maximum atomic E-state index is 13.9. The molecule has 0 bridgehead atoms. The summed E-state index contributed by atoms with van der Waals surface area (Å²) >= 11 is 2.88. The Morgan fingerprint density at radius 2 is 2.07 bits per heavy atom. The Morgan fingerprint density at radius 3 is 2.67 bits per heavy atom. The number of carbonyl (C=O) groups is 1. The quantitative estimate of drug-likeness (QED) is 0.629. The van der Waals surface area contributed by atoms with Gasteiger partial charge in [0.1, 0.15) is 23.9 Å². The molecule has 0 fully saturated rings. The number of aromatic nitrogens is 1. The van der Waals surface area contributed by atoms with Crippen molar-refractivity contribution in [1.82, 2.24) is 4.98 Å². The van der Waals surface area contributed by atoms with Gasteiger partial charge in [-0.2, -0.15) is 0 Å². The van der Waals surface area contributed by atoms with Crippen molar-refractivity contribution < 1.29 is 31.8 Å². The predicted octanol–water partition coefficient (Wildman–Crippen LogP) is 4.53. The number of benzene rings is 1. The molecule has 1 aromatic heterocycles. The third-order valence-corrected chi connectivity index (χ3v) is 4.14. The molecule has 1 amide bonds. The summed E-state index contributed by atoms with van der Waals surface area (Å²) in [5.41, 5.74) is 0.430. The summed E-state index contributed by atoms with van der Waals surface area (Å²) in [7, 11) is 1.35. The van der Waals surface area contributed by atoms with Crippen LogP contribution in [0, 0.1) is 12.7 Å². The summed E-state index contributed by atoms with van der Waals surface area (Å²) in [6.07, 6.45) is -3.76. The van der Waals surface area contributed by atoms with Crippen molar-refractivity contribution in [3.63, 3.8) is 0 Å². The number of rotatable bonds is 7. The molecule has 1 atom stereocenters. The van der Waals surface area contributed by atoms with Gasteiger partial charge in [0.2, 0.25) is 5.88 Å². The van der Waals surface area contributed by atoms with Crippen LogP contribution in [-0.4, -0.2) is 37.2 Å². The van der Waals surface area contributed by atoms with E-state index in [1.54, 1.807) is 13.0 Å². The second-order valence-corrected chi connectivity index (χ2v) is 6.23. The zero-order chi connectivity index (χ0) is 20.1. The summed E-state index contributed by atoms with van der Waals surface area (Å²) in [5, 5.41) is 2.48. The van der Waals surface area contributed by atoms with Gasteiger partial charge in [0.25, 0.3) is 12.3 Å². The lowest BCUT2D eigenvalue weighted by atomic mass is 10.1. The molecular weight excluding hydrogens is 436 g/mol. The average molecular weight is 451 g/mol. The fraction of sp³-hybridized carbons (Fsp3) is 0.294. The number of pyridine rings is 1. The number of alkyl halides is 3. The first-order valence-electron chi connectivity index (χ1n) is 7.59. The number of nitrogens with zero attached hydrogens (tertiary/aromatic N) is 1. The lowest BCUT2D eigenvalue weighted by Gasteiger charge is -2.19. The number of nitrogens with one attached hydrogen (secondary N) is 1. The molecule has 10 heteroatoms. The molecule has 1 N–H and O–H groups in total. The Bertz CT molecular complexity index is 836. The fourth-order valence-electron chi connectivity index (χ4n) is 2.14. The first-order valence-corrected chi connectivity index (χ1v) is 8.38. The van der Waals surface area contributed by atoms with Crippen molar-refractivity contribution in [3.8, 4) is 11.6 Å². The summed E-state index contributed by atoms with van der Waals surface area (Å²) in [5.74, 6) is -1.98. The molecule has 0 aliphatic heterocycles. The minimum Gasteiger partial charge on any atom is -0.481 e. The first-order chi connectivity index (χ1) is 12.8. The lowest BCUT2D eigenvalue weighted by Crippen LogP contribution is -2.29. The number of hydrogen-bond acceptors (Lipinski definition) is 4. The van der Waals surface area contributed by atoms with Gasteiger partial charge < -0.3 is 14.8 Å². The number of amides is 1. The topological polar surface area (TPSA) is 60.5 Å². The van der Waals surface area contributed by atoms with Gasteiger partial charge in [-0.05, 0) is 46.6 Å². The highest BCUT2D eigenvalue weighted by atomic mass is 79.9. The fourth-order valence-corrected chi connectivity index (χ4v) is 2.46. The molecule has 2 aromatic rings. The van der Waals surface area contributed by atoms with Gasteiger partial charge >= 0.3 is 0 Å². The molecule has 1 heterocycles. The third kappa shape index (κ3) is 4.88. The first kappa shape index (κ1) is 20.9. The Kier molecular flexibility index (Phi) is 7.00. The lowest BCUT2D eigenvalue weighted by molar-refractivity contribution is -0.00161. The largest absolute Gasteiger partial charge is 0.481 e. The second kappa shape index (κ2) is 9.03. The van der Waals surface area contributed by atoms with Gasteiger partial charge in [-0.1, -0.05) is 0 Å². The van der Waals surface area contributed by atoms with Crippen molar-refractivity contribution in [3.05, 3.63) is 45.8 Å². The van der Waals surface area contributed by atoms with Gasteiger partial charge in [-0.3, -0.25) is 4.79 Å². The normalized spacial score (nSPS) is 12.0. The Morgan fingerprint density at radius 1 is 1.37 bits per heavy atom. The second-order valence-electron chi connectivity index (χ2n) is 5.37. The molecule has 146 valence electrons. The molecule has 0 spiro atoms. The molecule has 0 aliphatic rings. The molecule has 27 heavy (non-hydrogen) atoms. The summed E-state index contributed by atoms with van der Waals surface area (Å²) in [6.45, 7) is 0.193. The van der Waals surface area contributed by atoms with Gasteiger partial charge in [0.15, 0.2) is 6.10 Å². The smallest absolute Gasteiger partial charge is 0.277 e. The maximum absolute atomic E-state index is 13.9. The van der Waals surface area contributed by atoms with Crippen LogP contribution in [0.15, 0.2) is 28.9 Å². The van der Waals surface area contributed by atoms with E-state index in [9.17, 15) is 22.4 Å². The van der Waals surface area contributed by atoms with Crippen LogP contribution in [-0.2, 0) is 0 Å². The highest BCUT2D eigenvalue weighted by Crippen LogP contribution is 2.31. The number of carbonyl (C=O) groups excluding carboxylic acids is 1. The standard InChI is InChI=1S/C17H15BrF4N2O3/c1-8-3-4-23-17(26-2)14(8)24-16(25)9-5-11(20)10(18)6-12(9)27-13(7-19)15(21)22/h3-6,13,15H,7H2,1-2H3,(H,24,25)/t13-/m0/s1. The molecular formula is C17H15BrF4N2O3. The van der Waals surface area contributed by atoms with E-state index >= 15 is 0 Å². The number of ether oxygens (including phenoxy) is 2. The average Bonchev–Trinajstić information content (AvgIpc) is 2.63. The number of methoxy groups -OCH3 is 1. The van der Waals surface area contributed by atoms with Gasteiger partial charge in [-0.15, -0.1) is 0 Å². The Balaban J connectivity index is 2.42. The van der Waals surface area contributed by atoms with Crippen LogP contribution < -0.4 is 14.8 Å². The number of anilines is 1. The minimum absolute atomic E-state index is 0.109. The zero-order valence-electron chi connectivity index (χ0n) is 14.2. The van der Waals surface area contributed by atoms with E-state index in [0.717, 1.165) is 12.1 Å². The minimum atomic E-state index is -3.13. The van der Waals surface area contributed by atoms with Crippen molar-refractivity contribution in [2.45, 2.75) is 19.5 Å². The van der Waals surface area contributed by atoms with Crippen molar-refractivity contribution in [2.24, 2.45) is 0 Å². The van der Waals surface area contributed by atoms with Crippen LogP contribution in [0.2, 0.25) is 0 Å². The van der Waals surface area contributed by atoms with Crippen LogP contribution in [0.5, 0.6) is 11.6 Å². The van der Waals surface area contributed by atoms with E-state index in [1.807, 2.05) is 0 Å². The molecule has 0 aliphatic carbocycles. The van der Waals surface area contributed by atoms with E-state index in [4.69, 9.17) is 9.47 Å². The summed E-state index contributed by atoms with van der Waals surface area (Å²) in [6, 6.07) is 3.39. The van der Waals surface area contributed by atoms with Crippen molar-refractivity contribution in [2.75, 3.05) is 19.1 Å². The number of hydrogen-bond donors (Lipinski definition) is 1. The molecule has 1 aromatic carbocycles. The van der Waals surface area contributed by atoms with Crippen LogP contribution in [0.3, 0.4) is 0 Å². The van der Waals surface area contributed by atoms with E-state index in [1.165, 1.54) is 13.3 Å². The summed E-state index contributed by atoms with van der Waals surface area (Å²) < 4.78 is 62.2. The molecule has 0 radical (unpaired) electrons. The van der Waals surface area contributed by atoms with Crippen LogP contribution >= 0.6 is 15.9 Å². The van der Waals surface area contributed by atoms with Gasteiger partial charge in [-0.25, -0.2) is 22.5 Å². The Hall–Kier alpha value is -2.36. The van der Waals surface area contributed by atoms with Crippen LogP contribution in [0.1, 0.15) is 15.9 Å². The predicted molar refractivity (Wildman–Crippen MR) is 94.0 cm³/mol.